The number of benzene rings is 1. The highest BCUT2D eigenvalue weighted by Gasteiger charge is 2.37. The second kappa shape index (κ2) is 37.1. The molecular weight excluding hydrogens is 1130 g/mol. The summed E-state index contributed by atoms with van der Waals surface area (Å²) in [4.78, 5) is 183. The highest BCUT2D eigenvalue weighted by atomic mass is 16.4. The molecule has 0 bridgehead atoms. The van der Waals surface area contributed by atoms with E-state index in [1.807, 2.05) is 10.6 Å². The number of carboxylic acid groups (broad SMARTS) is 4. The zero-order valence-electron chi connectivity index (χ0n) is 47.0. The van der Waals surface area contributed by atoms with E-state index in [2.05, 4.69) is 52.5 Å². The summed E-state index contributed by atoms with van der Waals surface area (Å²) in [6, 6.07) is -9.04. The van der Waals surface area contributed by atoms with Crippen molar-refractivity contribution in [1.82, 2.24) is 63.1 Å². The average Bonchev–Trinajstić information content (AvgIpc) is 4.11. The standard InChI is InChI=1S/C48H71N13O20.C2H4O2/c1-21(2)36(45(77)58-32(19-63)48(80)81)60-43(75)30(15-35(69)70)55-44(76)31(18-62)57-47(79)38(24(5)65)61-42(74)29(13-25-9-7-6-8-10-25)56-46(78)37(23(4)64)59-33(66)17-51-41(73)28(11-12-34(67)68)54-39(71)22(3)53-40(72)27(49)14-26-16-50-20-52-26;1-2(3)4/h6-10,16,20-24,27-32,36-38,62-65H,11-15,17-19,49H2,1-5H3,(H,50,52)(H,51,73)(H,53,72)(H,54,71)(H,55,76)(H,56,78)(H,57,79)(H,58,77)(H,59,66)(H,60,75)(H,61,74)(H,67,68)(H,69,70)(H,80,81);1H3,(H,3,4)/t22-,23+,24+,27-,28-,29-,30-,31-,32-,36-,37?,38-;/m0./s1. The molecule has 1 aromatic heterocycles. The van der Waals surface area contributed by atoms with E-state index < -0.39 is 201 Å². The third-order valence-corrected chi connectivity index (χ3v) is 11.7. The number of H-pyrrole nitrogens is 1. The smallest absolute Gasteiger partial charge is 0.328 e. The lowest BCUT2D eigenvalue weighted by atomic mass is 10.0. The number of aromatic amines is 1. The van der Waals surface area contributed by atoms with Gasteiger partial charge in [0.1, 0.15) is 54.4 Å². The lowest BCUT2D eigenvalue weighted by Crippen LogP contribution is -2.63. The summed E-state index contributed by atoms with van der Waals surface area (Å²) >= 11 is 0. The van der Waals surface area contributed by atoms with E-state index >= 15 is 0 Å². The summed E-state index contributed by atoms with van der Waals surface area (Å²) in [7, 11) is 0. The predicted molar refractivity (Wildman–Crippen MR) is 289 cm³/mol. The van der Waals surface area contributed by atoms with Gasteiger partial charge in [-0.05, 0) is 38.7 Å². The Kier molecular flexibility index (Phi) is 32.2. The molecule has 0 aliphatic rings. The summed E-state index contributed by atoms with van der Waals surface area (Å²) in [5.74, 6) is -17.6. The van der Waals surface area contributed by atoms with Gasteiger partial charge in [-0.25, -0.2) is 9.78 Å². The molecule has 472 valence electrons. The van der Waals surface area contributed by atoms with Gasteiger partial charge in [-0.3, -0.25) is 62.3 Å². The number of hydrogen-bond acceptors (Lipinski definition) is 20. The summed E-state index contributed by atoms with van der Waals surface area (Å²) < 4.78 is 0. The molecule has 0 radical (unpaired) electrons. The van der Waals surface area contributed by atoms with E-state index in [4.69, 9.17) is 15.6 Å². The van der Waals surface area contributed by atoms with Gasteiger partial charge < -0.3 is 105 Å². The first-order valence-electron chi connectivity index (χ1n) is 25.9. The summed E-state index contributed by atoms with van der Waals surface area (Å²) in [5, 5.41) is 98.1. The van der Waals surface area contributed by atoms with Crippen LogP contribution in [0.4, 0.5) is 0 Å². The van der Waals surface area contributed by atoms with Crippen LogP contribution in [-0.4, -0.2) is 226 Å². The van der Waals surface area contributed by atoms with Crippen LogP contribution >= 0.6 is 0 Å². The van der Waals surface area contributed by atoms with Crippen molar-refractivity contribution in [1.29, 1.82) is 0 Å². The minimum Gasteiger partial charge on any atom is -0.481 e. The molecule has 0 aliphatic heterocycles. The maximum absolute atomic E-state index is 14.0. The summed E-state index contributed by atoms with van der Waals surface area (Å²) in [6.45, 7) is 4.12. The molecule has 2 aromatic rings. The summed E-state index contributed by atoms with van der Waals surface area (Å²) in [6.07, 6.45) is -3.26. The quantitative estimate of drug-likeness (QED) is 0.0305. The number of carboxylic acids is 4. The molecule has 1 aromatic carbocycles. The van der Waals surface area contributed by atoms with Crippen molar-refractivity contribution in [2.75, 3.05) is 19.8 Å². The molecule has 1 unspecified atom stereocenters. The maximum atomic E-state index is 14.0. The minimum atomic E-state index is -2.02. The molecule has 21 N–H and O–H groups in total. The topological polar surface area (TPSA) is 576 Å². The summed E-state index contributed by atoms with van der Waals surface area (Å²) in [5.41, 5.74) is 6.85. The Hall–Kier alpha value is -9.19. The van der Waals surface area contributed by atoms with Crippen LogP contribution in [0, 0.1) is 5.92 Å². The number of nitrogens with one attached hydrogen (secondary N) is 11. The molecule has 35 nitrogen and oxygen atoms in total. The maximum Gasteiger partial charge on any atom is 0.328 e. The van der Waals surface area contributed by atoms with E-state index in [9.17, 15) is 98.1 Å². The predicted octanol–water partition coefficient (Wildman–Crippen LogP) is -8.06. The Labute approximate surface area is 484 Å². The Balaban J connectivity index is 0.00000873. The van der Waals surface area contributed by atoms with Crippen molar-refractivity contribution in [2.45, 2.75) is 146 Å². The van der Waals surface area contributed by atoms with Gasteiger partial charge in [-0.15, -0.1) is 0 Å². The number of nitrogens with two attached hydrogens (primary N) is 1. The number of carbonyl (C=O) groups excluding carboxylic acids is 10. The molecule has 12 atom stereocenters. The highest BCUT2D eigenvalue weighted by molar-refractivity contribution is 5.99. The third kappa shape index (κ3) is 27.6. The van der Waals surface area contributed by atoms with E-state index in [1.54, 1.807) is 18.2 Å². The SMILES string of the molecule is CC(=O)O.CC(C)[C@H](NC(=O)[C@H](CC(=O)O)NC(=O)[C@H](CO)NC(=O)[C@@H](NC(=O)[C@H](Cc1ccccc1)NC(=O)C(NC(=O)CNC(=O)[C@H](CCC(=O)O)NC(=O)[C@H](C)NC(=O)[C@@H](N)Cc1cnc[nH]1)[C@@H](C)O)[C@@H](C)O)C(=O)N[C@@H](CO)C(=O)O. The molecule has 85 heavy (non-hydrogen) atoms. The van der Waals surface area contributed by atoms with Crippen LogP contribution in [0.5, 0.6) is 0 Å². The number of hydrogen-bond donors (Lipinski definition) is 20. The average molecular weight is 1210 g/mol. The molecular formula is C50H75N13O22. The normalized spacial score (nSPS) is 15.1. The first-order chi connectivity index (χ1) is 39.7. The number of aliphatic hydroxyl groups excluding tert-OH is 4. The van der Waals surface area contributed by atoms with E-state index in [0.29, 0.717) is 11.3 Å². The number of imidazole rings is 1. The van der Waals surface area contributed by atoms with Crippen molar-refractivity contribution in [3.05, 3.63) is 54.1 Å². The van der Waals surface area contributed by atoms with Crippen LogP contribution < -0.4 is 58.9 Å². The number of aliphatic hydroxyl groups is 4. The van der Waals surface area contributed by atoms with Gasteiger partial charge in [0.05, 0.1) is 50.8 Å². The molecule has 0 fully saturated rings. The van der Waals surface area contributed by atoms with Gasteiger partial charge in [0.15, 0.2) is 0 Å². The Morgan fingerprint density at radius 3 is 1.52 bits per heavy atom. The largest absolute Gasteiger partial charge is 0.481 e. The lowest BCUT2D eigenvalue weighted by molar-refractivity contribution is -0.144. The molecule has 0 saturated heterocycles. The molecule has 35 heteroatoms. The fourth-order valence-electron chi connectivity index (χ4n) is 7.19. The Morgan fingerprint density at radius 2 is 1.02 bits per heavy atom. The molecule has 1 heterocycles. The number of aliphatic carboxylic acids is 4. The van der Waals surface area contributed by atoms with Gasteiger partial charge in [-0.2, -0.15) is 0 Å². The monoisotopic (exact) mass is 1210 g/mol. The van der Waals surface area contributed by atoms with Crippen LogP contribution in [0.2, 0.25) is 0 Å². The first kappa shape index (κ1) is 73.8. The highest BCUT2D eigenvalue weighted by Crippen LogP contribution is 2.09. The Bertz CT molecular complexity index is 2620. The van der Waals surface area contributed by atoms with E-state index in [0.717, 1.165) is 20.8 Å². The fraction of sp³-hybridized carbons (Fsp3) is 0.540. The second-order valence-corrected chi connectivity index (χ2v) is 19.3. The van der Waals surface area contributed by atoms with Gasteiger partial charge >= 0.3 is 17.9 Å². The second-order valence-electron chi connectivity index (χ2n) is 19.3. The van der Waals surface area contributed by atoms with E-state index in [-0.39, 0.29) is 12.8 Å². The molecule has 0 spiro atoms. The van der Waals surface area contributed by atoms with Crippen molar-refractivity contribution >= 4 is 82.9 Å². The van der Waals surface area contributed by atoms with Gasteiger partial charge in [0.2, 0.25) is 59.1 Å². The van der Waals surface area contributed by atoms with Crippen molar-refractivity contribution in [3.8, 4) is 0 Å². The van der Waals surface area contributed by atoms with Crippen LogP contribution in [0.15, 0.2) is 42.9 Å². The van der Waals surface area contributed by atoms with Gasteiger partial charge in [-0.1, -0.05) is 44.2 Å². The lowest BCUT2D eigenvalue weighted by Gasteiger charge is -2.28. The number of carbonyl (C=O) groups is 14. The third-order valence-electron chi connectivity index (χ3n) is 11.7. The van der Waals surface area contributed by atoms with E-state index in [1.165, 1.54) is 45.4 Å². The Morgan fingerprint density at radius 1 is 0.541 bits per heavy atom. The molecule has 10 amide bonds. The zero-order valence-corrected chi connectivity index (χ0v) is 47.0. The van der Waals surface area contributed by atoms with Crippen molar-refractivity contribution in [3.63, 3.8) is 0 Å². The van der Waals surface area contributed by atoms with Gasteiger partial charge in [0.25, 0.3) is 5.97 Å². The number of aromatic nitrogens is 2. The molecule has 0 saturated carbocycles. The van der Waals surface area contributed by atoms with Crippen molar-refractivity contribution in [2.24, 2.45) is 11.7 Å². The molecule has 0 aliphatic carbocycles. The van der Waals surface area contributed by atoms with Crippen LogP contribution in [0.3, 0.4) is 0 Å². The van der Waals surface area contributed by atoms with Crippen LogP contribution in [0.25, 0.3) is 0 Å². The number of rotatable bonds is 35. The van der Waals surface area contributed by atoms with Gasteiger partial charge in [0, 0.05) is 38.1 Å². The fourth-order valence-corrected chi connectivity index (χ4v) is 7.19. The van der Waals surface area contributed by atoms with Crippen LogP contribution in [-0.2, 0) is 80.0 Å². The molecule has 2 rings (SSSR count). The number of nitrogens with zero attached hydrogens (tertiary/aromatic N) is 1. The minimum absolute atomic E-state index is 0.0367. The van der Waals surface area contributed by atoms with Crippen molar-refractivity contribution < 1.29 is 108 Å². The first-order valence-corrected chi connectivity index (χ1v) is 25.9. The number of amides is 10. The van der Waals surface area contributed by atoms with Crippen LogP contribution in [0.1, 0.15) is 72.1 Å². The zero-order chi connectivity index (χ0) is 64.8.